The van der Waals surface area contributed by atoms with Gasteiger partial charge in [0, 0.05) is 11.3 Å². The zero-order chi connectivity index (χ0) is 18.8. The highest BCUT2D eigenvalue weighted by molar-refractivity contribution is 6.05. The Hall–Kier alpha value is -3.47. The van der Waals surface area contributed by atoms with Crippen molar-refractivity contribution in [1.82, 2.24) is 15.0 Å². The minimum atomic E-state index is -0.130. The second kappa shape index (κ2) is 7.03. The first kappa shape index (κ1) is 17.0. The molecule has 0 radical (unpaired) electrons. The van der Waals surface area contributed by atoms with Gasteiger partial charge in [-0.05, 0) is 60.9 Å². The molecule has 5 nitrogen and oxygen atoms in total. The summed E-state index contributed by atoms with van der Waals surface area (Å²) in [5.41, 5.74) is 6.00. The van der Waals surface area contributed by atoms with Crippen molar-refractivity contribution in [2.75, 3.05) is 5.32 Å². The fourth-order valence-corrected chi connectivity index (χ4v) is 3.00. The normalized spacial score (nSPS) is 10.9. The fourth-order valence-electron chi connectivity index (χ4n) is 3.00. The summed E-state index contributed by atoms with van der Waals surface area (Å²) in [4.78, 5) is 14.1. The molecule has 0 aliphatic heterocycles. The van der Waals surface area contributed by atoms with Gasteiger partial charge in [-0.2, -0.15) is 4.80 Å². The van der Waals surface area contributed by atoms with Crippen LogP contribution in [0, 0.1) is 6.92 Å². The average molecular weight is 356 g/mol. The highest BCUT2D eigenvalue weighted by Crippen LogP contribution is 2.19. The van der Waals surface area contributed by atoms with Crippen LogP contribution < -0.4 is 5.32 Å². The van der Waals surface area contributed by atoms with E-state index in [2.05, 4.69) is 34.6 Å². The molecule has 4 rings (SSSR count). The van der Waals surface area contributed by atoms with Gasteiger partial charge in [-0.15, -0.1) is 10.2 Å². The summed E-state index contributed by atoms with van der Waals surface area (Å²) in [5, 5.41) is 12.0. The molecule has 1 amide bonds. The van der Waals surface area contributed by atoms with Gasteiger partial charge in [0.2, 0.25) is 0 Å². The van der Waals surface area contributed by atoms with Crippen LogP contribution >= 0.6 is 0 Å². The zero-order valence-corrected chi connectivity index (χ0v) is 15.3. The minimum Gasteiger partial charge on any atom is -0.322 e. The van der Waals surface area contributed by atoms with Crippen LogP contribution in [-0.2, 0) is 6.42 Å². The van der Waals surface area contributed by atoms with E-state index in [-0.39, 0.29) is 5.91 Å². The molecule has 27 heavy (non-hydrogen) atoms. The number of hydrogen-bond acceptors (Lipinski definition) is 3. The predicted octanol–water partition coefficient (Wildman–Crippen LogP) is 4.54. The first-order chi connectivity index (χ1) is 13.1. The average Bonchev–Trinajstić information content (AvgIpc) is 3.11. The summed E-state index contributed by atoms with van der Waals surface area (Å²) in [6.07, 6.45) is 0.999. The van der Waals surface area contributed by atoms with E-state index in [1.54, 1.807) is 4.80 Å². The first-order valence-electron chi connectivity index (χ1n) is 8.97. The van der Waals surface area contributed by atoms with Crippen LogP contribution in [0.1, 0.15) is 28.4 Å². The van der Waals surface area contributed by atoms with Crippen LogP contribution in [0.15, 0.2) is 66.7 Å². The molecule has 0 spiro atoms. The van der Waals surface area contributed by atoms with Crippen LogP contribution in [0.5, 0.6) is 0 Å². The van der Waals surface area contributed by atoms with Gasteiger partial charge >= 0.3 is 0 Å². The Labute approximate surface area is 157 Å². The number of hydrogen-bond donors (Lipinski definition) is 1. The van der Waals surface area contributed by atoms with E-state index >= 15 is 0 Å². The topological polar surface area (TPSA) is 59.8 Å². The summed E-state index contributed by atoms with van der Waals surface area (Å²) >= 11 is 0. The van der Waals surface area contributed by atoms with E-state index in [9.17, 15) is 4.79 Å². The molecule has 1 N–H and O–H groups in total. The standard InChI is InChI=1S/C22H20N4O/c1-3-16-8-11-18(12-9-16)26-24-20-13-10-17(14-21(20)25-26)23-22(27)19-7-5-4-6-15(19)2/h4-14H,3H2,1-2H3,(H,23,27). The van der Waals surface area contributed by atoms with Crippen molar-refractivity contribution in [1.29, 1.82) is 0 Å². The van der Waals surface area contributed by atoms with E-state index in [0.29, 0.717) is 11.3 Å². The molecule has 0 bridgehead atoms. The molecule has 0 atom stereocenters. The molecule has 3 aromatic carbocycles. The minimum absolute atomic E-state index is 0.130. The van der Waals surface area contributed by atoms with Crippen LogP contribution in [-0.4, -0.2) is 20.9 Å². The Morgan fingerprint density at radius 1 is 0.963 bits per heavy atom. The number of rotatable bonds is 4. The van der Waals surface area contributed by atoms with Crippen molar-refractivity contribution in [2.24, 2.45) is 0 Å². The zero-order valence-electron chi connectivity index (χ0n) is 15.3. The Balaban J connectivity index is 1.60. The smallest absolute Gasteiger partial charge is 0.255 e. The number of aromatic nitrogens is 3. The lowest BCUT2D eigenvalue weighted by atomic mass is 10.1. The van der Waals surface area contributed by atoms with E-state index in [1.807, 2.05) is 61.5 Å². The highest BCUT2D eigenvalue weighted by Gasteiger charge is 2.10. The summed E-state index contributed by atoms with van der Waals surface area (Å²) in [5.74, 6) is -0.130. The van der Waals surface area contributed by atoms with Crippen molar-refractivity contribution in [3.8, 4) is 5.69 Å². The highest BCUT2D eigenvalue weighted by atomic mass is 16.1. The Bertz CT molecular complexity index is 1110. The molecule has 0 aliphatic carbocycles. The number of amides is 1. The summed E-state index contributed by atoms with van der Waals surface area (Å²) in [7, 11) is 0. The number of aryl methyl sites for hydroxylation is 2. The van der Waals surface area contributed by atoms with Crippen LogP contribution in [0.3, 0.4) is 0 Å². The molecule has 0 aliphatic rings. The lowest BCUT2D eigenvalue weighted by Crippen LogP contribution is -2.13. The first-order valence-corrected chi connectivity index (χ1v) is 8.97. The van der Waals surface area contributed by atoms with Crippen molar-refractivity contribution >= 4 is 22.6 Å². The van der Waals surface area contributed by atoms with Crippen molar-refractivity contribution in [2.45, 2.75) is 20.3 Å². The fraction of sp³-hybridized carbons (Fsp3) is 0.136. The van der Waals surface area contributed by atoms with Gasteiger partial charge in [-0.25, -0.2) is 0 Å². The van der Waals surface area contributed by atoms with Gasteiger partial charge in [-0.3, -0.25) is 4.79 Å². The Kier molecular flexibility index (Phi) is 4.42. The quantitative estimate of drug-likeness (QED) is 0.584. The number of anilines is 1. The second-order valence-electron chi connectivity index (χ2n) is 6.48. The van der Waals surface area contributed by atoms with E-state index in [0.717, 1.165) is 28.7 Å². The largest absolute Gasteiger partial charge is 0.322 e. The third kappa shape index (κ3) is 3.44. The summed E-state index contributed by atoms with van der Waals surface area (Å²) < 4.78 is 0. The van der Waals surface area contributed by atoms with Gasteiger partial charge in [0.1, 0.15) is 11.0 Å². The number of nitrogens with zero attached hydrogens (tertiary/aromatic N) is 3. The molecule has 4 aromatic rings. The van der Waals surface area contributed by atoms with Gasteiger partial charge in [0.25, 0.3) is 5.91 Å². The lowest BCUT2D eigenvalue weighted by Gasteiger charge is -2.07. The maximum atomic E-state index is 12.5. The van der Waals surface area contributed by atoms with Gasteiger partial charge in [0.05, 0.1) is 5.69 Å². The molecule has 0 saturated heterocycles. The van der Waals surface area contributed by atoms with Crippen LogP contribution in [0.2, 0.25) is 0 Å². The molecule has 1 heterocycles. The van der Waals surface area contributed by atoms with Gasteiger partial charge in [-0.1, -0.05) is 37.3 Å². The summed E-state index contributed by atoms with van der Waals surface area (Å²) in [6.45, 7) is 4.05. The van der Waals surface area contributed by atoms with Crippen molar-refractivity contribution in [3.63, 3.8) is 0 Å². The number of nitrogens with one attached hydrogen (secondary N) is 1. The maximum absolute atomic E-state index is 12.5. The molecular formula is C22H20N4O. The maximum Gasteiger partial charge on any atom is 0.255 e. The third-order valence-corrected chi connectivity index (χ3v) is 4.60. The number of carbonyl (C=O) groups is 1. The van der Waals surface area contributed by atoms with Crippen LogP contribution in [0.4, 0.5) is 5.69 Å². The lowest BCUT2D eigenvalue weighted by molar-refractivity contribution is 0.102. The van der Waals surface area contributed by atoms with Crippen molar-refractivity contribution in [3.05, 3.63) is 83.4 Å². The Morgan fingerprint density at radius 2 is 1.70 bits per heavy atom. The third-order valence-electron chi connectivity index (χ3n) is 4.60. The molecule has 134 valence electrons. The molecule has 0 unspecified atom stereocenters. The molecule has 0 fully saturated rings. The van der Waals surface area contributed by atoms with E-state index in [4.69, 9.17) is 0 Å². The van der Waals surface area contributed by atoms with Crippen molar-refractivity contribution < 1.29 is 4.79 Å². The van der Waals surface area contributed by atoms with Gasteiger partial charge in [0.15, 0.2) is 0 Å². The number of carbonyl (C=O) groups excluding carboxylic acids is 1. The van der Waals surface area contributed by atoms with Crippen LogP contribution in [0.25, 0.3) is 16.7 Å². The molecule has 0 saturated carbocycles. The predicted molar refractivity (Wildman–Crippen MR) is 107 cm³/mol. The van der Waals surface area contributed by atoms with E-state index in [1.165, 1.54) is 5.56 Å². The van der Waals surface area contributed by atoms with E-state index < -0.39 is 0 Å². The Morgan fingerprint density at radius 3 is 2.44 bits per heavy atom. The SMILES string of the molecule is CCc1ccc(-n2nc3ccc(NC(=O)c4ccccc4C)cc3n2)cc1. The van der Waals surface area contributed by atoms with Gasteiger partial charge < -0.3 is 5.32 Å². The molecular weight excluding hydrogens is 336 g/mol. The number of benzene rings is 3. The molecule has 1 aromatic heterocycles. The number of fused-ring (bicyclic) bond motifs is 1. The molecule has 5 heteroatoms. The monoisotopic (exact) mass is 356 g/mol. The second-order valence-corrected chi connectivity index (χ2v) is 6.48. The summed E-state index contributed by atoms with van der Waals surface area (Å²) in [6, 6.07) is 21.3.